The van der Waals surface area contributed by atoms with Gasteiger partial charge in [-0.3, -0.25) is 0 Å². The summed E-state index contributed by atoms with van der Waals surface area (Å²) in [6.07, 6.45) is 0. The molecule has 0 aliphatic rings. The van der Waals surface area contributed by atoms with Crippen LogP contribution in [0, 0.1) is 0 Å². The van der Waals surface area contributed by atoms with Gasteiger partial charge in [-0.25, -0.2) is 0 Å². The van der Waals surface area contributed by atoms with Crippen LogP contribution in [0.3, 0.4) is 0 Å². The zero-order valence-corrected chi connectivity index (χ0v) is 30.5. The first kappa shape index (κ1) is 33.1. The average Bonchev–Trinajstić information content (AvgIpc) is 3.76. The summed E-state index contributed by atoms with van der Waals surface area (Å²) in [5, 5.41) is 0. The molecule has 1 aromatic heterocycles. The predicted octanol–water partition coefficient (Wildman–Crippen LogP) is 15.2. The van der Waals surface area contributed by atoms with E-state index in [1.165, 1.54) is 65.4 Å². The second-order valence-electron chi connectivity index (χ2n) is 13.3. The van der Waals surface area contributed by atoms with Crippen LogP contribution in [-0.2, 0) is 0 Å². The summed E-state index contributed by atoms with van der Waals surface area (Å²) in [6, 6.07) is 80.7. The minimum Gasteiger partial charge on any atom is -0.310 e. The number of thiophene rings is 1. The number of hydrogen-bond donors (Lipinski definition) is 0. The van der Waals surface area contributed by atoms with Crippen LogP contribution in [0.5, 0.6) is 0 Å². The molecule has 0 amide bonds. The van der Waals surface area contributed by atoms with Crippen molar-refractivity contribution < 1.29 is 0 Å². The van der Waals surface area contributed by atoms with Crippen LogP contribution in [0.2, 0.25) is 0 Å². The quantitative estimate of drug-likeness (QED) is 0.144. The maximum atomic E-state index is 2.37. The summed E-state index contributed by atoms with van der Waals surface area (Å²) in [5.41, 5.74) is 15.5. The van der Waals surface area contributed by atoms with Gasteiger partial charge in [0.15, 0.2) is 0 Å². The molecule has 0 spiro atoms. The lowest BCUT2D eigenvalue weighted by Gasteiger charge is -2.27. The maximum absolute atomic E-state index is 2.37. The van der Waals surface area contributed by atoms with E-state index in [-0.39, 0.29) is 0 Å². The van der Waals surface area contributed by atoms with Crippen LogP contribution in [0.25, 0.3) is 65.4 Å². The summed E-state index contributed by atoms with van der Waals surface area (Å²) in [7, 11) is 0. The molecule has 2 heteroatoms. The molecule has 0 saturated heterocycles. The van der Waals surface area contributed by atoms with Gasteiger partial charge >= 0.3 is 0 Å². The predicted molar refractivity (Wildman–Crippen MR) is 232 cm³/mol. The maximum Gasteiger partial charge on any atom is 0.0468 e. The highest BCUT2D eigenvalue weighted by Gasteiger charge is 2.18. The molecule has 0 unspecified atom stereocenters. The molecule has 0 saturated carbocycles. The first-order valence-electron chi connectivity index (χ1n) is 18.3. The van der Waals surface area contributed by atoms with E-state index in [2.05, 4.69) is 229 Å². The number of benzene rings is 8. The standard InChI is InChI=1S/C52H37NS/c1-6-17-38(18-7-1)42-29-31-48(40-21-10-3-11-22-40)50(36-42)52-34-33-51(54-52)43-25-16-28-45(35-43)53(44-26-14-5-15-27-44)46-30-32-47(39-19-8-2-9-20-39)49(37-46)41-23-12-4-13-24-41/h1-37H. The van der Waals surface area contributed by atoms with E-state index in [1.54, 1.807) is 0 Å². The molecule has 0 aliphatic heterocycles. The Morgan fingerprint density at radius 3 is 1.33 bits per heavy atom. The molecule has 1 heterocycles. The minimum absolute atomic E-state index is 1.11. The molecule has 9 rings (SSSR count). The SMILES string of the molecule is c1ccc(-c2ccc(-c3ccccc3)c(-c3ccc(-c4cccc(N(c5ccccc5)c5ccc(-c6ccccc6)c(-c6ccccc6)c5)c4)s3)c2)cc1. The molecule has 9 aromatic rings. The van der Waals surface area contributed by atoms with Crippen LogP contribution in [-0.4, -0.2) is 0 Å². The summed E-state index contributed by atoms with van der Waals surface area (Å²) in [6.45, 7) is 0. The second kappa shape index (κ2) is 15.1. The van der Waals surface area contributed by atoms with E-state index in [1.807, 2.05) is 11.3 Å². The van der Waals surface area contributed by atoms with Crippen molar-refractivity contribution in [3.63, 3.8) is 0 Å². The highest BCUT2D eigenvalue weighted by molar-refractivity contribution is 7.18. The van der Waals surface area contributed by atoms with Crippen molar-refractivity contribution in [2.24, 2.45) is 0 Å². The van der Waals surface area contributed by atoms with Crippen molar-refractivity contribution in [3.05, 3.63) is 224 Å². The first-order chi connectivity index (χ1) is 26.8. The number of para-hydroxylation sites is 1. The molecule has 0 bridgehead atoms. The molecular formula is C52H37NS. The zero-order chi connectivity index (χ0) is 36.1. The molecule has 0 fully saturated rings. The summed E-state index contributed by atoms with van der Waals surface area (Å²) < 4.78 is 0. The smallest absolute Gasteiger partial charge is 0.0468 e. The third-order valence-corrected chi connectivity index (χ3v) is 11.1. The third kappa shape index (κ3) is 6.79. The van der Waals surface area contributed by atoms with Crippen LogP contribution < -0.4 is 4.90 Å². The van der Waals surface area contributed by atoms with Gasteiger partial charge in [0.2, 0.25) is 0 Å². The molecule has 1 nitrogen and oxygen atoms in total. The fourth-order valence-electron chi connectivity index (χ4n) is 7.29. The monoisotopic (exact) mass is 707 g/mol. The Balaban J connectivity index is 1.14. The number of rotatable bonds is 9. The fourth-order valence-corrected chi connectivity index (χ4v) is 8.32. The Hall–Kier alpha value is -6.74. The normalized spacial score (nSPS) is 11.0. The van der Waals surface area contributed by atoms with Crippen molar-refractivity contribution in [3.8, 4) is 65.4 Å². The van der Waals surface area contributed by atoms with Gasteiger partial charge < -0.3 is 4.90 Å². The Morgan fingerprint density at radius 1 is 0.241 bits per heavy atom. The molecule has 256 valence electrons. The molecule has 54 heavy (non-hydrogen) atoms. The second-order valence-corrected chi connectivity index (χ2v) is 14.4. The van der Waals surface area contributed by atoms with Crippen molar-refractivity contribution in [2.45, 2.75) is 0 Å². The molecule has 0 radical (unpaired) electrons. The summed E-state index contributed by atoms with van der Waals surface area (Å²) in [5.74, 6) is 0. The van der Waals surface area contributed by atoms with Crippen molar-refractivity contribution in [1.29, 1.82) is 0 Å². The topological polar surface area (TPSA) is 3.24 Å². The van der Waals surface area contributed by atoms with E-state index in [0.29, 0.717) is 0 Å². The van der Waals surface area contributed by atoms with Gasteiger partial charge in [0, 0.05) is 32.4 Å². The van der Waals surface area contributed by atoms with E-state index in [4.69, 9.17) is 0 Å². The van der Waals surface area contributed by atoms with Gasteiger partial charge in [0.05, 0.1) is 0 Å². The van der Waals surface area contributed by atoms with E-state index < -0.39 is 0 Å². The van der Waals surface area contributed by atoms with E-state index in [9.17, 15) is 0 Å². The van der Waals surface area contributed by atoms with Crippen molar-refractivity contribution in [2.75, 3.05) is 4.90 Å². The van der Waals surface area contributed by atoms with E-state index in [0.717, 1.165) is 17.1 Å². The minimum atomic E-state index is 1.11. The summed E-state index contributed by atoms with van der Waals surface area (Å²) >= 11 is 1.84. The molecular weight excluding hydrogens is 671 g/mol. The van der Waals surface area contributed by atoms with Gasteiger partial charge in [-0.15, -0.1) is 11.3 Å². The number of nitrogens with zero attached hydrogens (tertiary/aromatic N) is 1. The first-order valence-corrected chi connectivity index (χ1v) is 19.2. The highest BCUT2D eigenvalue weighted by atomic mass is 32.1. The van der Waals surface area contributed by atoms with Gasteiger partial charge in [-0.1, -0.05) is 170 Å². The van der Waals surface area contributed by atoms with Crippen LogP contribution in [0.4, 0.5) is 17.1 Å². The lowest BCUT2D eigenvalue weighted by Crippen LogP contribution is -2.10. The molecule has 0 aliphatic carbocycles. The molecule has 8 aromatic carbocycles. The van der Waals surface area contributed by atoms with Crippen molar-refractivity contribution in [1.82, 2.24) is 0 Å². The van der Waals surface area contributed by atoms with Crippen LogP contribution in [0.1, 0.15) is 0 Å². The Bertz CT molecular complexity index is 2630. The number of anilines is 3. The lowest BCUT2D eigenvalue weighted by atomic mass is 9.93. The Kier molecular flexibility index (Phi) is 9.25. The van der Waals surface area contributed by atoms with Gasteiger partial charge in [0.1, 0.15) is 0 Å². The van der Waals surface area contributed by atoms with E-state index >= 15 is 0 Å². The van der Waals surface area contributed by atoms with Crippen LogP contribution >= 0.6 is 11.3 Å². The Morgan fingerprint density at radius 2 is 0.704 bits per heavy atom. The molecule has 0 atom stereocenters. The fraction of sp³-hybridized carbons (Fsp3) is 0. The van der Waals surface area contributed by atoms with Crippen molar-refractivity contribution >= 4 is 28.4 Å². The number of hydrogen-bond acceptors (Lipinski definition) is 2. The summed E-state index contributed by atoms with van der Waals surface area (Å²) in [4.78, 5) is 4.85. The molecule has 0 N–H and O–H groups in total. The highest BCUT2D eigenvalue weighted by Crippen LogP contribution is 2.44. The van der Waals surface area contributed by atoms with Gasteiger partial charge in [-0.05, 0) is 105 Å². The van der Waals surface area contributed by atoms with Crippen LogP contribution in [0.15, 0.2) is 224 Å². The third-order valence-electron chi connectivity index (χ3n) is 9.92. The zero-order valence-electron chi connectivity index (χ0n) is 29.7. The average molecular weight is 708 g/mol. The van der Waals surface area contributed by atoms with Gasteiger partial charge in [-0.2, -0.15) is 0 Å². The van der Waals surface area contributed by atoms with Gasteiger partial charge in [0.25, 0.3) is 0 Å². The largest absolute Gasteiger partial charge is 0.310 e. The Labute approximate surface area is 321 Å². The lowest BCUT2D eigenvalue weighted by molar-refractivity contribution is 1.28.